The highest BCUT2D eigenvalue weighted by atomic mass is 32.9. The number of phenolic OH excluding ortho intramolecular Hbond substituents is 1. The van der Waals surface area contributed by atoms with Crippen molar-refractivity contribution in [2.45, 2.75) is 20.0 Å². The van der Waals surface area contributed by atoms with Crippen molar-refractivity contribution in [3.05, 3.63) is 87.2 Å². The van der Waals surface area contributed by atoms with Crippen LogP contribution in [0.1, 0.15) is 16.7 Å². The molecule has 0 saturated carbocycles. The molecule has 1 saturated heterocycles. The minimum absolute atomic E-state index is 0.344. The summed E-state index contributed by atoms with van der Waals surface area (Å²) in [6.45, 7) is 7.60. The van der Waals surface area contributed by atoms with E-state index in [0.29, 0.717) is 5.75 Å². The summed E-state index contributed by atoms with van der Waals surface area (Å²) >= 11 is 5.74. The lowest BCUT2D eigenvalue weighted by Crippen LogP contribution is -2.45. The number of rotatable bonds is 7. The first kappa shape index (κ1) is 25.1. The van der Waals surface area contributed by atoms with Crippen LogP contribution in [0, 0.1) is 10.7 Å². The third kappa shape index (κ3) is 5.56. The largest absolute Gasteiger partial charge is 0.508 e. The van der Waals surface area contributed by atoms with Gasteiger partial charge in [0.1, 0.15) is 15.3 Å². The first-order chi connectivity index (χ1) is 17.5. The Morgan fingerprint density at radius 2 is 1.47 bits per heavy atom. The second-order valence-corrected chi connectivity index (χ2v) is 12.0. The second-order valence-electron chi connectivity index (χ2n) is 9.23. The van der Waals surface area contributed by atoms with E-state index in [2.05, 4.69) is 59.2 Å². The number of piperazine rings is 1. The lowest BCUT2D eigenvalue weighted by Gasteiger charge is -2.35. The maximum Gasteiger partial charge on any atom is 0.123 e. The summed E-state index contributed by atoms with van der Waals surface area (Å²) in [7, 11) is 5.10. The van der Waals surface area contributed by atoms with Crippen LogP contribution in [0.2, 0.25) is 0 Å². The van der Waals surface area contributed by atoms with E-state index in [0.717, 1.165) is 65.5 Å². The van der Waals surface area contributed by atoms with E-state index in [4.69, 9.17) is 17.0 Å². The van der Waals surface area contributed by atoms with E-state index in [1.165, 1.54) is 21.6 Å². The van der Waals surface area contributed by atoms with E-state index in [1.807, 2.05) is 24.3 Å². The van der Waals surface area contributed by atoms with Crippen LogP contribution >= 0.6 is 32.9 Å². The zero-order valence-electron chi connectivity index (χ0n) is 20.6. The van der Waals surface area contributed by atoms with Crippen LogP contribution in [-0.2, 0) is 13.1 Å². The Morgan fingerprint density at radius 1 is 0.833 bits per heavy atom. The molecule has 0 amide bonds. The molecule has 7 heteroatoms. The Morgan fingerprint density at radius 3 is 2.17 bits per heavy atom. The molecule has 186 valence electrons. The Balaban J connectivity index is 1.30. The number of aromatic hydroxyl groups is 1. The highest BCUT2D eigenvalue weighted by Gasteiger charge is 2.20. The number of hydrogen-bond acceptors (Lipinski definition) is 7. The van der Waals surface area contributed by atoms with Crippen molar-refractivity contribution < 1.29 is 9.84 Å². The van der Waals surface area contributed by atoms with Crippen LogP contribution in [0.3, 0.4) is 0 Å². The Labute approximate surface area is 225 Å². The van der Waals surface area contributed by atoms with Crippen molar-refractivity contribution in [3.8, 4) is 33.1 Å². The lowest BCUT2D eigenvalue weighted by atomic mass is 10.0. The van der Waals surface area contributed by atoms with Gasteiger partial charge in [-0.15, -0.1) is 0 Å². The third-order valence-corrected chi connectivity index (χ3v) is 9.83. The molecule has 1 aliphatic rings. The summed E-state index contributed by atoms with van der Waals surface area (Å²) in [5.74, 6) is 1.29. The topological polar surface area (TPSA) is 35.9 Å². The summed E-state index contributed by atoms with van der Waals surface area (Å²) in [4.78, 5) is 6.09. The summed E-state index contributed by atoms with van der Waals surface area (Å²) in [5.41, 5.74) is 6.79. The van der Waals surface area contributed by atoms with Gasteiger partial charge in [0.15, 0.2) is 0 Å². The minimum Gasteiger partial charge on any atom is -0.508 e. The number of methoxy groups -OCH3 is 1. The highest BCUT2D eigenvalue weighted by Crippen LogP contribution is 2.42. The zero-order chi connectivity index (χ0) is 25.1. The zero-order valence-corrected chi connectivity index (χ0v) is 23.0. The molecule has 0 bridgehead atoms. The maximum atomic E-state index is 10.7. The van der Waals surface area contributed by atoms with Gasteiger partial charge in [-0.3, -0.25) is 9.80 Å². The number of aryl methyl sites for hydroxylation is 1. The molecule has 0 aliphatic carbocycles. The van der Waals surface area contributed by atoms with Crippen LogP contribution in [0.4, 0.5) is 0 Å². The van der Waals surface area contributed by atoms with Gasteiger partial charge in [-0.05, 0) is 36.2 Å². The normalized spacial score (nSPS) is 14.7. The van der Waals surface area contributed by atoms with Gasteiger partial charge in [0.2, 0.25) is 0 Å². The van der Waals surface area contributed by atoms with Crippen LogP contribution in [0.5, 0.6) is 11.5 Å². The van der Waals surface area contributed by atoms with E-state index in [9.17, 15) is 5.11 Å². The predicted molar refractivity (Wildman–Crippen MR) is 154 cm³/mol. The molecule has 1 aliphatic heterocycles. The standard InChI is InChI=1S/C29H30N2O2S3/c1-20-7-9-21(10-8-20)28-27(29(34)36-35-28)22-11-12-25(32)24(17-22)19-31-15-13-30(14-16-31)18-23-5-3-4-6-26(23)33-2/h3-12,17,32H,13-16,18-19H2,1-2H3. The molecule has 5 rings (SSSR count). The van der Waals surface area contributed by atoms with Gasteiger partial charge in [0.25, 0.3) is 0 Å². The van der Waals surface area contributed by atoms with Gasteiger partial charge in [0.05, 0.1) is 12.0 Å². The molecule has 3 aromatic carbocycles. The molecule has 0 radical (unpaired) electrons. The van der Waals surface area contributed by atoms with E-state index in [-0.39, 0.29) is 0 Å². The lowest BCUT2D eigenvalue weighted by molar-refractivity contribution is 0.120. The summed E-state index contributed by atoms with van der Waals surface area (Å²) in [6, 6.07) is 22.8. The maximum absolute atomic E-state index is 10.7. The average molecular weight is 535 g/mol. The van der Waals surface area contributed by atoms with Crippen LogP contribution in [0.15, 0.2) is 66.7 Å². The Bertz CT molecular complexity index is 1390. The van der Waals surface area contributed by atoms with Crippen LogP contribution < -0.4 is 4.74 Å². The van der Waals surface area contributed by atoms with Gasteiger partial charge in [0, 0.05) is 56.0 Å². The summed E-state index contributed by atoms with van der Waals surface area (Å²) < 4.78 is 6.42. The third-order valence-electron chi connectivity index (χ3n) is 6.76. The Kier molecular flexibility index (Phi) is 7.84. The van der Waals surface area contributed by atoms with Crippen molar-refractivity contribution in [1.29, 1.82) is 0 Å². The average Bonchev–Trinajstić information content (AvgIpc) is 3.28. The molecule has 0 unspecified atom stereocenters. The van der Waals surface area contributed by atoms with Crippen molar-refractivity contribution in [3.63, 3.8) is 0 Å². The fourth-order valence-electron chi connectivity index (χ4n) is 4.69. The van der Waals surface area contributed by atoms with Gasteiger partial charge < -0.3 is 9.84 Å². The second kappa shape index (κ2) is 11.2. The molecule has 4 nitrogen and oxygen atoms in total. The van der Waals surface area contributed by atoms with E-state index < -0.39 is 0 Å². The molecule has 0 atom stereocenters. The molecule has 1 aromatic heterocycles. The first-order valence-electron chi connectivity index (χ1n) is 12.1. The fraction of sp³-hybridized carbons (Fsp3) is 0.276. The summed E-state index contributed by atoms with van der Waals surface area (Å²) in [6.07, 6.45) is 0. The van der Waals surface area contributed by atoms with Gasteiger partial charge >= 0.3 is 0 Å². The highest BCUT2D eigenvalue weighted by molar-refractivity contribution is 7.80. The molecule has 4 aromatic rings. The number of nitrogens with zero attached hydrogens (tertiary/aromatic N) is 2. The monoisotopic (exact) mass is 534 g/mol. The van der Waals surface area contributed by atoms with Crippen molar-refractivity contribution in [2.75, 3.05) is 33.3 Å². The Hall–Kier alpha value is -2.55. The van der Waals surface area contributed by atoms with Crippen LogP contribution in [0.25, 0.3) is 21.6 Å². The van der Waals surface area contributed by atoms with Gasteiger partial charge in [-0.2, -0.15) is 0 Å². The molecule has 1 N–H and O–H groups in total. The predicted octanol–water partition coefficient (Wildman–Crippen LogP) is 7.21. The molecule has 1 fully saturated rings. The molecule has 0 spiro atoms. The van der Waals surface area contributed by atoms with Crippen molar-refractivity contribution in [1.82, 2.24) is 9.80 Å². The minimum atomic E-state index is 0.344. The fourth-order valence-corrected chi connectivity index (χ4v) is 7.61. The van der Waals surface area contributed by atoms with E-state index in [1.54, 1.807) is 27.8 Å². The number of phenols is 1. The number of benzene rings is 3. The van der Waals surface area contributed by atoms with Crippen LogP contribution in [-0.4, -0.2) is 48.2 Å². The molecule has 2 heterocycles. The number of hydrogen-bond donors (Lipinski definition) is 1. The molecular formula is C29H30N2O2S3. The van der Waals surface area contributed by atoms with Crippen molar-refractivity contribution >= 4 is 32.9 Å². The summed E-state index contributed by atoms with van der Waals surface area (Å²) in [5, 5.41) is 10.7. The molecular weight excluding hydrogens is 505 g/mol. The van der Waals surface area contributed by atoms with E-state index >= 15 is 0 Å². The van der Waals surface area contributed by atoms with Gasteiger partial charge in [-0.1, -0.05) is 87.0 Å². The number of ether oxygens (including phenoxy) is 1. The van der Waals surface area contributed by atoms with Crippen molar-refractivity contribution in [2.24, 2.45) is 0 Å². The molecule has 36 heavy (non-hydrogen) atoms. The smallest absolute Gasteiger partial charge is 0.123 e. The quantitative estimate of drug-likeness (QED) is 0.200. The SMILES string of the molecule is COc1ccccc1CN1CCN(Cc2cc(-c3c(-c4ccc(C)cc4)ssc3=S)ccc2O)CC1. The number of para-hydroxylation sites is 1. The first-order valence-corrected chi connectivity index (χ1v) is 14.7. The van der Waals surface area contributed by atoms with Gasteiger partial charge in [-0.25, -0.2) is 0 Å².